The summed E-state index contributed by atoms with van der Waals surface area (Å²) in [7, 11) is 0. The van der Waals surface area contributed by atoms with Crippen molar-refractivity contribution in [2.45, 2.75) is 38.1 Å². The number of aliphatic hydroxyl groups is 1. The lowest BCUT2D eigenvalue weighted by atomic mass is 9.93. The molecule has 0 aliphatic heterocycles. The number of hydrogen-bond acceptors (Lipinski definition) is 2. The van der Waals surface area contributed by atoms with Crippen LogP contribution in [0.3, 0.4) is 0 Å². The second-order valence-corrected chi connectivity index (χ2v) is 5.12. The molecule has 0 saturated heterocycles. The average Bonchev–Trinajstić information content (AvgIpc) is 2.48. The van der Waals surface area contributed by atoms with Gasteiger partial charge in [-0.2, -0.15) is 0 Å². The Morgan fingerprint density at radius 1 is 1.25 bits per heavy atom. The largest absolute Gasteiger partial charge is 0.395 e. The molecule has 1 aliphatic rings. The third-order valence-corrected chi connectivity index (χ3v) is 3.80. The normalized spacial score (nSPS) is 16.1. The summed E-state index contributed by atoms with van der Waals surface area (Å²) in [6.45, 7) is -0.0291. The molecule has 5 heteroatoms. The van der Waals surface area contributed by atoms with E-state index in [0.29, 0.717) is 0 Å². The molecule has 0 bridgehead atoms. The van der Waals surface area contributed by atoms with Crippen LogP contribution >= 0.6 is 0 Å². The minimum atomic E-state index is -1.11. The van der Waals surface area contributed by atoms with Crippen molar-refractivity contribution in [2.75, 3.05) is 13.2 Å². The Labute approximate surface area is 117 Å². The molecule has 1 saturated carbocycles. The molecule has 1 N–H and O–H groups in total. The van der Waals surface area contributed by atoms with Gasteiger partial charge in [0.15, 0.2) is 11.6 Å². The topological polar surface area (TPSA) is 40.5 Å². The predicted octanol–water partition coefficient (Wildman–Crippen LogP) is 2.73. The third kappa shape index (κ3) is 3.15. The van der Waals surface area contributed by atoms with Crippen LogP contribution in [0.2, 0.25) is 0 Å². The third-order valence-electron chi connectivity index (χ3n) is 3.80. The van der Waals surface area contributed by atoms with E-state index in [1.807, 2.05) is 0 Å². The minimum absolute atomic E-state index is 0.00562. The number of carbonyl (C=O) groups excluding carboxylic acids is 1. The lowest BCUT2D eigenvalue weighted by molar-refractivity contribution is 0.0579. The molecular formula is C15H19F2NO2. The Morgan fingerprint density at radius 3 is 2.60 bits per heavy atom. The SMILES string of the molecule is O=C(c1cccc(F)c1F)N(CCO)C1CCCCC1. The lowest BCUT2D eigenvalue weighted by Crippen LogP contribution is -2.43. The number of hydrogen-bond donors (Lipinski definition) is 1. The first-order valence-corrected chi connectivity index (χ1v) is 7.01. The smallest absolute Gasteiger partial charge is 0.257 e. The van der Waals surface area contributed by atoms with Crippen LogP contribution in [0.5, 0.6) is 0 Å². The Bertz CT molecular complexity index is 473. The number of carbonyl (C=O) groups is 1. The van der Waals surface area contributed by atoms with E-state index in [-0.39, 0.29) is 24.8 Å². The maximum atomic E-state index is 13.7. The van der Waals surface area contributed by atoms with Crippen LogP contribution in [0.1, 0.15) is 42.5 Å². The molecular weight excluding hydrogens is 264 g/mol. The average molecular weight is 283 g/mol. The zero-order valence-electron chi connectivity index (χ0n) is 11.3. The van der Waals surface area contributed by atoms with Crippen LogP contribution in [-0.4, -0.2) is 35.1 Å². The summed E-state index contributed by atoms with van der Waals surface area (Å²) in [5.74, 6) is -2.68. The Morgan fingerprint density at radius 2 is 1.95 bits per heavy atom. The molecule has 1 aromatic rings. The molecule has 0 spiro atoms. The highest BCUT2D eigenvalue weighted by Crippen LogP contribution is 2.24. The quantitative estimate of drug-likeness (QED) is 0.923. The molecule has 3 nitrogen and oxygen atoms in total. The van der Waals surface area contributed by atoms with Crippen molar-refractivity contribution in [1.29, 1.82) is 0 Å². The van der Waals surface area contributed by atoms with Crippen molar-refractivity contribution in [3.05, 3.63) is 35.4 Å². The first kappa shape index (κ1) is 14.9. The minimum Gasteiger partial charge on any atom is -0.395 e. The number of halogens is 2. The number of aliphatic hydroxyl groups excluding tert-OH is 1. The van der Waals surface area contributed by atoms with Crippen molar-refractivity contribution >= 4 is 5.91 Å². The molecule has 0 aromatic heterocycles. The molecule has 0 radical (unpaired) electrons. The van der Waals surface area contributed by atoms with Crippen LogP contribution in [-0.2, 0) is 0 Å². The lowest BCUT2D eigenvalue weighted by Gasteiger charge is -2.34. The molecule has 0 heterocycles. The number of amides is 1. The molecule has 20 heavy (non-hydrogen) atoms. The van der Waals surface area contributed by atoms with Crippen LogP contribution < -0.4 is 0 Å². The molecule has 2 rings (SSSR count). The van der Waals surface area contributed by atoms with Gasteiger partial charge in [-0.15, -0.1) is 0 Å². The van der Waals surface area contributed by atoms with Gasteiger partial charge in [0, 0.05) is 12.6 Å². The van der Waals surface area contributed by atoms with Gasteiger partial charge in [0.25, 0.3) is 5.91 Å². The van der Waals surface area contributed by atoms with E-state index in [0.717, 1.165) is 38.2 Å². The van der Waals surface area contributed by atoms with E-state index in [1.165, 1.54) is 17.0 Å². The number of benzene rings is 1. The Balaban J connectivity index is 2.23. The van der Waals surface area contributed by atoms with E-state index < -0.39 is 17.5 Å². The highest BCUT2D eigenvalue weighted by atomic mass is 19.2. The Kier molecular flexibility index (Phi) is 5.06. The van der Waals surface area contributed by atoms with Crippen molar-refractivity contribution in [3.63, 3.8) is 0 Å². The fourth-order valence-corrected chi connectivity index (χ4v) is 2.77. The van der Waals surface area contributed by atoms with Crippen molar-refractivity contribution in [1.82, 2.24) is 4.90 Å². The summed E-state index contributed by atoms with van der Waals surface area (Å²) in [6.07, 6.45) is 4.87. The molecule has 0 atom stereocenters. The monoisotopic (exact) mass is 283 g/mol. The highest BCUT2D eigenvalue weighted by molar-refractivity contribution is 5.94. The predicted molar refractivity (Wildman–Crippen MR) is 71.4 cm³/mol. The number of rotatable bonds is 4. The Hall–Kier alpha value is -1.49. The maximum absolute atomic E-state index is 13.7. The van der Waals surface area contributed by atoms with E-state index in [1.54, 1.807) is 0 Å². The molecule has 1 fully saturated rings. The van der Waals surface area contributed by atoms with Crippen LogP contribution in [0.4, 0.5) is 8.78 Å². The fourth-order valence-electron chi connectivity index (χ4n) is 2.77. The molecule has 1 aliphatic carbocycles. The van der Waals surface area contributed by atoms with Gasteiger partial charge in [-0.3, -0.25) is 4.79 Å². The van der Waals surface area contributed by atoms with Gasteiger partial charge in [-0.1, -0.05) is 25.3 Å². The van der Waals surface area contributed by atoms with E-state index in [4.69, 9.17) is 5.11 Å². The summed E-state index contributed by atoms with van der Waals surface area (Å²) in [6, 6.07) is 3.60. The summed E-state index contributed by atoms with van der Waals surface area (Å²) in [5.41, 5.74) is -0.260. The molecule has 1 amide bonds. The summed E-state index contributed by atoms with van der Waals surface area (Å²) >= 11 is 0. The van der Waals surface area contributed by atoms with Crippen molar-refractivity contribution < 1.29 is 18.7 Å². The van der Waals surface area contributed by atoms with Crippen LogP contribution in [0.25, 0.3) is 0 Å². The van der Waals surface area contributed by atoms with Crippen molar-refractivity contribution in [3.8, 4) is 0 Å². The maximum Gasteiger partial charge on any atom is 0.257 e. The summed E-state index contributed by atoms with van der Waals surface area (Å²) in [5, 5.41) is 9.13. The molecule has 1 aromatic carbocycles. The fraction of sp³-hybridized carbons (Fsp3) is 0.533. The zero-order valence-corrected chi connectivity index (χ0v) is 11.3. The number of nitrogens with zero attached hydrogens (tertiary/aromatic N) is 1. The highest BCUT2D eigenvalue weighted by Gasteiger charge is 2.28. The standard InChI is InChI=1S/C15H19F2NO2/c16-13-8-4-7-12(14(13)17)15(20)18(9-10-19)11-5-2-1-3-6-11/h4,7-8,11,19H,1-3,5-6,9-10H2. The van der Waals surface area contributed by atoms with Crippen LogP contribution in [0, 0.1) is 11.6 Å². The van der Waals surface area contributed by atoms with Crippen molar-refractivity contribution in [2.24, 2.45) is 0 Å². The molecule has 0 unspecified atom stereocenters. The second kappa shape index (κ2) is 6.79. The van der Waals surface area contributed by atoms with Gasteiger partial charge in [0.2, 0.25) is 0 Å². The van der Waals surface area contributed by atoms with Gasteiger partial charge in [-0.05, 0) is 25.0 Å². The van der Waals surface area contributed by atoms with Gasteiger partial charge in [-0.25, -0.2) is 8.78 Å². The van der Waals surface area contributed by atoms with E-state index in [2.05, 4.69) is 0 Å². The van der Waals surface area contributed by atoms with Gasteiger partial charge < -0.3 is 10.0 Å². The first-order valence-electron chi connectivity index (χ1n) is 7.01. The van der Waals surface area contributed by atoms with E-state index in [9.17, 15) is 13.6 Å². The van der Waals surface area contributed by atoms with Gasteiger partial charge >= 0.3 is 0 Å². The molecule has 110 valence electrons. The van der Waals surface area contributed by atoms with Gasteiger partial charge in [0.1, 0.15) is 0 Å². The zero-order chi connectivity index (χ0) is 14.5. The van der Waals surface area contributed by atoms with Gasteiger partial charge in [0.05, 0.1) is 12.2 Å². The summed E-state index contributed by atoms with van der Waals surface area (Å²) < 4.78 is 27.0. The first-order chi connectivity index (χ1) is 9.65. The van der Waals surface area contributed by atoms with E-state index >= 15 is 0 Å². The summed E-state index contributed by atoms with van der Waals surface area (Å²) in [4.78, 5) is 13.9. The second-order valence-electron chi connectivity index (χ2n) is 5.12. The van der Waals surface area contributed by atoms with Crippen LogP contribution in [0.15, 0.2) is 18.2 Å².